The Morgan fingerprint density at radius 3 is 2.58 bits per heavy atom. The number of fused-ring (bicyclic) bond motifs is 6. The lowest BCUT2D eigenvalue weighted by Crippen LogP contribution is -2.34. The Bertz CT molecular complexity index is 1380. The van der Waals surface area contributed by atoms with Gasteiger partial charge in [0.05, 0.1) is 10.6 Å². The van der Waals surface area contributed by atoms with Crippen LogP contribution in [0.15, 0.2) is 58.4 Å². The van der Waals surface area contributed by atoms with Gasteiger partial charge in [0.25, 0.3) is 0 Å². The monoisotopic (exact) mass is 534 g/mol. The van der Waals surface area contributed by atoms with E-state index in [0.29, 0.717) is 23.0 Å². The average molecular weight is 535 g/mol. The number of rotatable bonds is 4. The summed E-state index contributed by atoms with van der Waals surface area (Å²) in [6.45, 7) is -0.282. The van der Waals surface area contributed by atoms with Crippen molar-refractivity contribution >= 4 is 34.7 Å². The van der Waals surface area contributed by atoms with Gasteiger partial charge < -0.3 is 5.32 Å². The van der Waals surface area contributed by atoms with Crippen molar-refractivity contribution in [3.8, 4) is 0 Å². The molecule has 0 saturated heterocycles. The summed E-state index contributed by atoms with van der Waals surface area (Å²) in [4.78, 5) is 26.5. The van der Waals surface area contributed by atoms with Crippen LogP contribution in [0.2, 0.25) is 0 Å². The maximum absolute atomic E-state index is 13.7. The zero-order chi connectivity index (χ0) is 25.2. The summed E-state index contributed by atoms with van der Waals surface area (Å²) in [7, 11) is 0. The van der Waals surface area contributed by atoms with E-state index in [1.54, 1.807) is 23.9 Å². The van der Waals surface area contributed by atoms with Crippen molar-refractivity contribution in [2.24, 2.45) is 17.8 Å². The molecule has 2 fully saturated rings. The third-order valence-electron chi connectivity index (χ3n) is 7.70. The second kappa shape index (κ2) is 8.76. The maximum Gasteiger partial charge on any atom is 0.416 e. The first-order valence-electron chi connectivity index (χ1n) is 11.8. The largest absolute Gasteiger partial charge is 0.416 e. The molecule has 1 aliphatic heterocycles. The molecule has 2 heterocycles. The highest BCUT2D eigenvalue weighted by Gasteiger charge is 2.55. The Balaban J connectivity index is 1.32. The number of nitrogens with zero attached hydrogens (tertiary/aromatic N) is 1. The zero-order valence-electron chi connectivity index (χ0n) is 18.9. The molecule has 3 aromatic rings. The van der Waals surface area contributed by atoms with E-state index in [2.05, 4.69) is 5.32 Å². The third kappa shape index (κ3) is 4.08. The van der Waals surface area contributed by atoms with E-state index in [9.17, 15) is 27.2 Å². The van der Waals surface area contributed by atoms with Crippen molar-refractivity contribution in [3.63, 3.8) is 0 Å². The number of amides is 1. The lowest BCUT2D eigenvalue weighted by atomic mass is 9.75. The molecule has 6 rings (SSSR count). The van der Waals surface area contributed by atoms with Crippen LogP contribution < -0.4 is 10.2 Å². The molecule has 0 unspecified atom stereocenters. The van der Waals surface area contributed by atoms with Crippen molar-refractivity contribution < 1.29 is 22.4 Å². The highest BCUT2D eigenvalue weighted by Crippen LogP contribution is 2.64. The number of thioether (sulfide) groups is 1. The first-order valence-corrected chi connectivity index (χ1v) is 13.5. The van der Waals surface area contributed by atoms with Crippen LogP contribution in [-0.2, 0) is 17.5 Å². The van der Waals surface area contributed by atoms with Gasteiger partial charge in [0, 0.05) is 21.7 Å². The van der Waals surface area contributed by atoms with Crippen LogP contribution in [0.1, 0.15) is 41.2 Å². The Morgan fingerprint density at radius 2 is 1.83 bits per heavy atom. The Kier molecular flexibility index (Phi) is 5.79. The highest BCUT2D eigenvalue weighted by atomic mass is 32.2. The van der Waals surface area contributed by atoms with Crippen LogP contribution in [-0.4, -0.2) is 15.7 Å². The van der Waals surface area contributed by atoms with Gasteiger partial charge in [0.15, 0.2) is 0 Å². The van der Waals surface area contributed by atoms with Crippen molar-refractivity contribution in [2.45, 2.75) is 48.2 Å². The van der Waals surface area contributed by atoms with E-state index < -0.39 is 17.6 Å². The lowest BCUT2D eigenvalue weighted by molar-refractivity contribution is -0.137. The average Bonchev–Trinajstić information content (AvgIpc) is 3.52. The van der Waals surface area contributed by atoms with Crippen molar-refractivity contribution in [3.05, 3.63) is 80.0 Å². The van der Waals surface area contributed by atoms with Crippen molar-refractivity contribution in [1.29, 1.82) is 0 Å². The number of halogens is 4. The molecule has 0 radical (unpaired) electrons. The number of hydrogen-bond donors (Lipinski definition) is 1. The summed E-state index contributed by atoms with van der Waals surface area (Å²) < 4.78 is 54.3. The van der Waals surface area contributed by atoms with Crippen LogP contribution in [0.25, 0.3) is 0 Å². The number of alkyl halides is 3. The Labute approximate surface area is 212 Å². The molecule has 2 aromatic carbocycles. The number of thiazole rings is 1. The van der Waals surface area contributed by atoms with Gasteiger partial charge in [0.1, 0.15) is 12.4 Å². The SMILES string of the molecule is O=C(Cn1c2c(sc1=O)[C@@H](c1ccc(F)cc1)[C@@H]1[C@H]3CC[C@@H](C3)[C@H]1S2)Nc1cccc(C(F)(F)F)c1. The Hall–Kier alpha value is -2.59. The third-order valence-corrected chi connectivity index (χ3v) is 10.5. The lowest BCUT2D eigenvalue weighted by Gasteiger charge is -2.40. The van der Waals surface area contributed by atoms with Gasteiger partial charge in [-0.25, -0.2) is 4.39 Å². The Morgan fingerprint density at radius 1 is 1.08 bits per heavy atom. The predicted molar refractivity (Wildman–Crippen MR) is 131 cm³/mol. The molecular weight excluding hydrogens is 512 g/mol. The van der Waals surface area contributed by atoms with E-state index in [1.807, 2.05) is 0 Å². The molecule has 2 bridgehead atoms. The van der Waals surface area contributed by atoms with Crippen molar-refractivity contribution in [2.75, 3.05) is 5.32 Å². The molecular formula is C26H22F4N2O2S2. The summed E-state index contributed by atoms with van der Waals surface area (Å²) in [6.07, 6.45) is -1.06. The number of anilines is 1. The summed E-state index contributed by atoms with van der Waals surface area (Å²) in [5, 5.41) is 3.58. The molecule has 2 saturated carbocycles. The summed E-state index contributed by atoms with van der Waals surface area (Å²) >= 11 is 2.78. The topological polar surface area (TPSA) is 51.1 Å². The van der Waals surface area contributed by atoms with E-state index >= 15 is 0 Å². The van der Waals surface area contributed by atoms with Crippen LogP contribution in [0, 0.1) is 23.6 Å². The van der Waals surface area contributed by atoms with Gasteiger partial charge in [0.2, 0.25) is 5.91 Å². The minimum atomic E-state index is -4.52. The van der Waals surface area contributed by atoms with Gasteiger partial charge in [-0.3, -0.25) is 14.2 Å². The van der Waals surface area contributed by atoms with Gasteiger partial charge in [-0.1, -0.05) is 29.5 Å². The molecule has 1 amide bonds. The van der Waals surface area contributed by atoms with Crippen LogP contribution in [0.5, 0.6) is 0 Å². The van der Waals surface area contributed by atoms with Gasteiger partial charge in [-0.15, -0.1) is 11.8 Å². The van der Waals surface area contributed by atoms with Crippen LogP contribution in [0.4, 0.5) is 23.2 Å². The fraction of sp³-hybridized carbons (Fsp3) is 0.385. The second-order valence-corrected chi connectivity index (χ2v) is 11.9. The minimum Gasteiger partial charge on any atom is -0.325 e. The summed E-state index contributed by atoms with van der Waals surface area (Å²) in [5.41, 5.74) is 0.143. The molecule has 10 heteroatoms. The van der Waals surface area contributed by atoms with E-state index in [-0.39, 0.29) is 28.8 Å². The van der Waals surface area contributed by atoms with Gasteiger partial charge in [-0.2, -0.15) is 13.2 Å². The van der Waals surface area contributed by atoms with E-state index in [1.165, 1.54) is 28.8 Å². The summed E-state index contributed by atoms with van der Waals surface area (Å²) in [5.74, 6) is 0.551. The second-order valence-electron chi connectivity index (χ2n) is 9.77. The van der Waals surface area contributed by atoms with Crippen LogP contribution in [0.3, 0.4) is 0 Å². The first-order chi connectivity index (χ1) is 17.2. The molecule has 1 N–H and O–H groups in total. The smallest absolute Gasteiger partial charge is 0.325 e. The number of nitrogens with one attached hydrogen (secondary N) is 1. The fourth-order valence-electron chi connectivity index (χ4n) is 6.25. The van der Waals surface area contributed by atoms with Gasteiger partial charge >= 0.3 is 11.0 Å². The highest BCUT2D eigenvalue weighted by molar-refractivity contribution is 8.00. The number of hydrogen-bond acceptors (Lipinski definition) is 4. The van der Waals surface area contributed by atoms with E-state index in [4.69, 9.17) is 0 Å². The molecule has 2 aliphatic carbocycles. The number of aromatic nitrogens is 1. The minimum absolute atomic E-state index is 0.0250. The number of benzene rings is 2. The normalized spacial score (nSPS) is 26.5. The predicted octanol–water partition coefficient (Wildman–Crippen LogP) is 6.36. The number of carbonyl (C=O) groups excluding carboxylic acids is 1. The standard InChI is InChI=1S/C26H22F4N2O2S2/c27-17-8-6-13(7-9-17)20-21-14-4-5-15(10-14)22(21)35-24-23(20)36-25(34)32(24)12-19(33)31-18-3-1-2-16(11-18)26(28,29)30/h1-3,6-9,11,14-15,20-22H,4-5,10,12H2,(H,31,33)/t14-,15-,20-,21-,22+/m0/s1. The molecule has 36 heavy (non-hydrogen) atoms. The molecule has 3 aliphatic rings. The van der Waals surface area contributed by atoms with Crippen LogP contribution >= 0.6 is 23.1 Å². The van der Waals surface area contributed by atoms with Crippen molar-refractivity contribution in [1.82, 2.24) is 4.57 Å². The first kappa shape index (κ1) is 23.8. The molecule has 5 atom stereocenters. The number of carbonyl (C=O) groups is 1. The molecule has 4 nitrogen and oxygen atoms in total. The zero-order valence-corrected chi connectivity index (χ0v) is 20.6. The maximum atomic E-state index is 13.7. The fourth-order valence-corrected chi connectivity index (χ4v) is 9.40. The molecule has 1 aromatic heterocycles. The molecule has 188 valence electrons. The van der Waals surface area contributed by atoms with E-state index in [0.717, 1.165) is 58.2 Å². The van der Waals surface area contributed by atoms with Gasteiger partial charge in [-0.05, 0) is 72.9 Å². The quantitative estimate of drug-likeness (QED) is 0.397. The molecule has 0 spiro atoms. The summed E-state index contributed by atoms with van der Waals surface area (Å²) in [6, 6.07) is 10.9.